The summed E-state index contributed by atoms with van der Waals surface area (Å²) in [5.41, 5.74) is 4.27. The van der Waals surface area contributed by atoms with Crippen LogP contribution in [0, 0.1) is 0 Å². The molecule has 2 aliphatic rings. The molecule has 1 nitrogen and oxygen atoms in total. The number of thioether (sulfide) groups is 1. The molecule has 0 amide bonds. The van der Waals surface area contributed by atoms with Gasteiger partial charge in [-0.25, -0.2) is 0 Å². The van der Waals surface area contributed by atoms with Crippen molar-refractivity contribution >= 4 is 30.2 Å². The van der Waals surface area contributed by atoms with E-state index >= 15 is 0 Å². The number of hydrogen-bond acceptors (Lipinski definition) is 2. The van der Waals surface area contributed by atoms with Crippen LogP contribution in [0.3, 0.4) is 0 Å². The van der Waals surface area contributed by atoms with E-state index < -0.39 is 0 Å². The first kappa shape index (κ1) is 10.4. The van der Waals surface area contributed by atoms with Crippen molar-refractivity contribution in [2.24, 2.45) is 0 Å². The van der Waals surface area contributed by atoms with Crippen molar-refractivity contribution in [3.8, 4) is 0 Å². The third-order valence-corrected chi connectivity index (χ3v) is 3.79. The van der Waals surface area contributed by atoms with Gasteiger partial charge >= 0.3 is 0 Å². The molecule has 17 heavy (non-hydrogen) atoms. The van der Waals surface area contributed by atoms with Crippen LogP contribution in [0.5, 0.6) is 0 Å². The van der Waals surface area contributed by atoms with Gasteiger partial charge in [0.15, 0.2) is 6.29 Å². The second-order valence-electron chi connectivity index (χ2n) is 3.92. The predicted octanol–water partition coefficient (Wildman–Crippen LogP) is 3.81. The highest BCUT2D eigenvalue weighted by Crippen LogP contribution is 2.36. The highest BCUT2D eigenvalue weighted by molar-refractivity contribution is 8.06. The fourth-order valence-corrected chi connectivity index (χ4v) is 2.75. The lowest BCUT2D eigenvalue weighted by Crippen LogP contribution is -1.90. The normalized spacial score (nSPS) is 17.1. The fraction of sp³-hybridized carbons (Fsp3) is 0. The van der Waals surface area contributed by atoms with E-state index in [-0.39, 0.29) is 0 Å². The maximum absolute atomic E-state index is 10.8. The molecule has 1 heterocycles. The lowest BCUT2D eigenvalue weighted by Gasteiger charge is -2.10. The minimum atomic E-state index is 0.734. The summed E-state index contributed by atoms with van der Waals surface area (Å²) in [6, 6.07) is 8.28. The Hall–Kier alpha value is -1.80. The molecule has 0 unspecified atom stereocenters. The van der Waals surface area contributed by atoms with Gasteiger partial charge in [0.2, 0.25) is 0 Å². The van der Waals surface area contributed by atoms with Crippen LogP contribution in [0.2, 0.25) is 0 Å². The number of carbonyl (C=O) groups is 1. The molecule has 0 fully saturated rings. The Labute approximate surface area is 104 Å². The molecule has 82 valence electrons. The van der Waals surface area contributed by atoms with E-state index in [1.165, 1.54) is 16.0 Å². The smallest absolute Gasteiger partial charge is 0.150 e. The lowest BCUT2D eigenvalue weighted by molar-refractivity contribution is -0.104. The Balaban J connectivity index is 2.13. The standard InChI is InChI=1S/C15H10OS/c16-9-11-7-14-6-5-12-3-1-2-4-13(12)8-15(14)17-10-11/h1-10H. The lowest BCUT2D eigenvalue weighted by atomic mass is 10.1. The fourth-order valence-electron chi connectivity index (χ4n) is 1.91. The third kappa shape index (κ3) is 1.92. The number of allylic oxidation sites excluding steroid dienone is 4. The molecule has 0 spiro atoms. The van der Waals surface area contributed by atoms with Crippen LogP contribution in [-0.2, 0) is 4.79 Å². The summed E-state index contributed by atoms with van der Waals surface area (Å²) >= 11 is 1.61. The Kier molecular flexibility index (Phi) is 2.57. The average molecular weight is 238 g/mol. The van der Waals surface area contributed by atoms with E-state index in [9.17, 15) is 4.79 Å². The van der Waals surface area contributed by atoms with Gasteiger partial charge in [0, 0.05) is 10.5 Å². The summed E-state index contributed by atoms with van der Waals surface area (Å²) in [5.74, 6) is 0. The topological polar surface area (TPSA) is 17.1 Å². The van der Waals surface area contributed by atoms with Crippen molar-refractivity contribution in [3.63, 3.8) is 0 Å². The van der Waals surface area contributed by atoms with Gasteiger partial charge in [-0.1, -0.05) is 48.2 Å². The molecule has 0 radical (unpaired) electrons. The second-order valence-corrected chi connectivity index (χ2v) is 4.84. The largest absolute Gasteiger partial charge is 0.298 e. The number of rotatable bonds is 1. The molecule has 0 bridgehead atoms. The Bertz CT molecular complexity index is 603. The molecule has 1 aromatic carbocycles. The van der Waals surface area contributed by atoms with E-state index in [1.54, 1.807) is 11.8 Å². The summed E-state index contributed by atoms with van der Waals surface area (Å²) < 4.78 is 0. The molecule has 0 saturated heterocycles. The van der Waals surface area contributed by atoms with Crippen LogP contribution >= 0.6 is 11.8 Å². The van der Waals surface area contributed by atoms with Crippen molar-refractivity contribution < 1.29 is 4.79 Å². The van der Waals surface area contributed by atoms with Gasteiger partial charge in [-0.05, 0) is 34.3 Å². The number of benzene rings is 1. The van der Waals surface area contributed by atoms with Gasteiger partial charge in [0.25, 0.3) is 0 Å². The second kappa shape index (κ2) is 4.22. The zero-order valence-corrected chi connectivity index (χ0v) is 9.91. The van der Waals surface area contributed by atoms with Gasteiger partial charge in [0.1, 0.15) is 0 Å². The minimum absolute atomic E-state index is 0.734. The van der Waals surface area contributed by atoms with Gasteiger partial charge < -0.3 is 0 Å². The van der Waals surface area contributed by atoms with Crippen LogP contribution in [0.4, 0.5) is 0 Å². The maximum Gasteiger partial charge on any atom is 0.150 e. The van der Waals surface area contributed by atoms with E-state index in [0.29, 0.717) is 0 Å². The zero-order chi connectivity index (χ0) is 11.7. The molecule has 2 heteroatoms. The van der Waals surface area contributed by atoms with Gasteiger partial charge in [-0.3, -0.25) is 4.79 Å². The minimum Gasteiger partial charge on any atom is -0.298 e. The predicted molar refractivity (Wildman–Crippen MR) is 73.3 cm³/mol. The van der Waals surface area contributed by atoms with Crippen molar-refractivity contribution in [3.05, 3.63) is 69.0 Å². The number of carbonyl (C=O) groups excluding carboxylic acids is 1. The highest BCUT2D eigenvalue weighted by atomic mass is 32.2. The van der Waals surface area contributed by atoms with Crippen LogP contribution in [0.25, 0.3) is 12.2 Å². The molecule has 0 saturated carbocycles. The molecule has 1 aromatic rings. The first-order chi connectivity index (χ1) is 8.36. The summed E-state index contributed by atoms with van der Waals surface area (Å²) in [6.45, 7) is 0. The molecular formula is C15H10OS. The van der Waals surface area contributed by atoms with Gasteiger partial charge in [0.05, 0.1) is 0 Å². The molecular weight excluding hydrogens is 228 g/mol. The summed E-state index contributed by atoms with van der Waals surface area (Å²) in [7, 11) is 0. The summed E-state index contributed by atoms with van der Waals surface area (Å²) in [6.07, 6.45) is 9.16. The van der Waals surface area contributed by atoms with Crippen molar-refractivity contribution in [2.75, 3.05) is 0 Å². The first-order valence-corrected chi connectivity index (χ1v) is 6.28. The molecule has 0 aromatic heterocycles. The van der Waals surface area contributed by atoms with Crippen LogP contribution in [-0.4, -0.2) is 6.29 Å². The molecule has 0 N–H and O–H groups in total. The van der Waals surface area contributed by atoms with Crippen molar-refractivity contribution in [1.29, 1.82) is 0 Å². The van der Waals surface area contributed by atoms with Crippen molar-refractivity contribution in [1.82, 2.24) is 0 Å². The van der Waals surface area contributed by atoms with Crippen molar-refractivity contribution in [2.45, 2.75) is 0 Å². The van der Waals surface area contributed by atoms with Crippen LogP contribution < -0.4 is 0 Å². The third-order valence-electron chi connectivity index (χ3n) is 2.79. The molecule has 0 atom stereocenters. The molecule has 3 rings (SSSR count). The van der Waals surface area contributed by atoms with E-state index in [4.69, 9.17) is 0 Å². The average Bonchev–Trinajstić information content (AvgIpc) is 2.57. The summed E-state index contributed by atoms with van der Waals surface area (Å²) in [4.78, 5) is 12.0. The Morgan fingerprint density at radius 2 is 1.82 bits per heavy atom. The van der Waals surface area contributed by atoms with E-state index in [0.717, 1.165) is 17.4 Å². The first-order valence-electron chi connectivity index (χ1n) is 5.40. The van der Waals surface area contributed by atoms with Crippen LogP contribution in [0.15, 0.2) is 57.9 Å². The number of fused-ring (bicyclic) bond motifs is 2. The van der Waals surface area contributed by atoms with Gasteiger partial charge in [-0.15, -0.1) is 0 Å². The van der Waals surface area contributed by atoms with E-state index in [2.05, 4.69) is 30.4 Å². The monoisotopic (exact) mass is 238 g/mol. The number of hydrogen-bond donors (Lipinski definition) is 0. The maximum atomic E-state index is 10.8. The Morgan fingerprint density at radius 3 is 2.65 bits per heavy atom. The summed E-state index contributed by atoms with van der Waals surface area (Å²) in [5, 5.41) is 1.89. The molecule has 1 aliphatic heterocycles. The molecule has 1 aliphatic carbocycles. The Morgan fingerprint density at radius 1 is 1.00 bits per heavy atom. The quantitative estimate of drug-likeness (QED) is 0.692. The van der Waals surface area contributed by atoms with E-state index in [1.807, 2.05) is 23.6 Å². The van der Waals surface area contributed by atoms with Crippen LogP contribution in [0.1, 0.15) is 11.1 Å². The SMILES string of the molecule is O=CC1=CSC2=Cc3ccccc3C=CC2=C1. The number of aldehydes is 1. The van der Waals surface area contributed by atoms with Gasteiger partial charge in [-0.2, -0.15) is 0 Å². The highest BCUT2D eigenvalue weighted by Gasteiger charge is 2.12. The zero-order valence-electron chi connectivity index (χ0n) is 9.09.